The maximum Gasteiger partial charge on any atom is 0.161 e. The Hall–Kier alpha value is -2.27. The van der Waals surface area contributed by atoms with Crippen molar-refractivity contribution in [3.05, 3.63) is 48.2 Å². The van der Waals surface area contributed by atoms with Crippen LogP contribution in [0.1, 0.15) is 31.4 Å². The van der Waals surface area contributed by atoms with E-state index in [2.05, 4.69) is 40.3 Å². The van der Waals surface area contributed by atoms with E-state index in [1.54, 1.807) is 14.2 Å². The van der Waals surface area contributed by atoms with Crippen molar-refractivity contribution >= 4 is 5.82 Å². The van der Waals surface area contributed by atoms with Gasteiger partial charge in [0.05, 0.1) is 14.2 Å². The number of nitrogens with one attached hydrogen (secondary N) is 1. The Labute approximate surface area is 150 Å². The number of anilines is 1. The van der Waals surface area contributed by atoms with Crippen LogP contribution in [0.3, 0.4) is 0 Å². The number of aromatic nitrogens is 1. The lowest BCUT2D eigenvalue weighted by molar-refractivity contribution is 0.352. The van der Waals surface area contributed by atoms with Gasteiger partial charge in [-0.15, -0.1) is 0 Å². The number of benzene rings is 1. The lowest BCUT2D eigenvalue weighted by atomic mass is 10.0. The van der Waals surface area contributed by atoms with Gasteiger partial charge >= 0.3 is 0 Å². The molecule has 0 aliphatic carbocycles. The van der Waals surface area contributed by atoms with Gasteiger partial charge in [0.25, 0.3) is 0 Å². The molecule has 1 aromatic heterocycles. The van der Waals surface area contributed by atoms with E-state index in [1.807, 2.05) is 24.4 Å². The molecule has 1 aromatic carbocycles. The van der Waals surface area contributed by atoms with E-state index < -0.39 is 0 Å². The highest BCUT2D eigenvalue weighted by atomic mass is 16.5. The number of piperidine rings is 1. The van der Waals surface area contributed by atoms with Gasteiger partial charge in [-0.3, -0.25) is 0 Å². The first kappa shape index (κ1) is 17.5. The first-order chi connectivity index (χ1) is 12.2. The average Bonchev–Trinajstić information content (AvgIpc) is 2.68. The Kier molecular flexibility index (Phi) is 5.76. The van der Waals surface area contributed by atoms with Gasteiger partial charge in [-0.25, -0.2) is 4.98 Å². The number of pyridine rings is 1. The molecule has 1 aliphatic rings. The molecule has 2 aromatic rings. The van der Waals surface area contributed by atoms with E-state index in [9.17, 15) is 0 Å². The van der Waals surface area contributed by atoms with Crippen molar-refractivity contribution in [3.63, 3.8) is 0 Å². The first-order valence-electron chi connectivity index (χ1n) is 8.85. The predicted molar refractivity (Wildman–Crippen MR) is 101 cm³/mol. The fourth-order valence-corrected chi connectivity index (χ4v) is 3.39. The highest BCUT2D eigenvalue weighted by molar-refractivity contribution is 5.43. The zero-order valence-electron chi connectivity index (χ0n) is 15.2. The van der Waals surface area contributed by atoms with E-state index >= 15 is 0 Å². The molecule has 5 heteroatoms. The molecule has 0 unspecified atom stereocenters. The minimum Gasteiger partial charge on any atom is -0.493 e. The molecule has 0 bridgehead atoms. The van der Waals surface area contributed by atoms with Crippen molar-refractivity contribution in [2.45, 2.75) is 31.8 Å². The van der Waals surface area contributed by atoms with Crippen LogP contribution in [0, 0.1) is 0 Å². The van der Waals surface area contributed by atoms with Crippen LogP contribution in [-0.4, -0.2) is 38.3 Å². The summed E-state index contributed by atoms with van der Waals surface area (Å²) in [6.45, 7) is 4.27. The Morgan fingerprint density at radius 2 is 1.84 bits per heavy atom. The summed E-state index contributed by atoms with van der Waals surface area (Å²) in [4.78, 5) is 6.81. The van der Waals surface area contributed by atoms with Crippen molar-refractivity contribution in [1.29, 1.82) is 0 Å². The number of rotatable bonds is 6. The fourth-order valence-electron chi connectivity index (χ4n) is 3.39. The zero-order valence-corrected chi connectivity index (χ0v) is 15.2. The summed E-state index contributed by atoms with van der Waals surface area (Å²) in [6.07, 6.45) is 4.10. The molecule has 0 spiro atoms. The van der Waals surface area contributed by atoms with Crippen molar-refractivity contribution < 1.29 is 9.47 Å². The standard InChI is InChI=1S/C20H27N3O2/c1-15(16-7-8-18(24-2)19(14-16)25-3)22-17-9-12-23(13-10-17)20-6-4-5-11-21-20/h4-8,11,14-15,17,22H,9-10,12-13H2,1-3H3/t15-/m1/s1. The second kappa shape index (κ2) is 8.21. The van der Waals surface area contributed by atoms with Gasteiger partial charge < -0.3 is 19.7 Å². The summed E-state index contributed by atoms with van der Waals surface area (Å²) in [7, 11) is 3.33. The maximum absolute atomic E-state index is 5.41. The van der Waals surface area contributed by atoms with Crippen molar-refractivity contribution in [2.75, 3.05) is 32.2 Å². The molecule has 1 saturated heterocycles. The normalized spacial score (nSPS) is 16.5. The third kappa shape index (κ3) is 4.23. The van der Waals surface area contributed by atoms with Crippen molar-refractivity contribution in [2.24, 2.45) is 0 Å². The highest BCUT2D eigenvalue weighted by Crippen LogP contribution is 2.30. The monoisotopic (exact) mass is 341 g/mol. The minimum absolute atomic E-state index is 0.270. The second-order valence-corrected chi connectivity index (χ2v) is 6.45. The Morgan fingerprint density at radius 1 is 1.08 bits per heavy atom. The molecule has 1 fully saturated rings. The minimum atomic E-state index is 0.270. The highest BCUT2D eigenvalue weighted by Gasteiger charge is 2.22. The maximum atomic E-state index is 5.41. The van der Waals surface area contributed by atoms with Crippen LogP contribution < -0.4 is 19.7 Å². The summed E-state index contributed by atoms with van der Waals surface area (Å²) in [5.41, 5.74) is 1.21. The number of nitrogens with zero attached hydrogens (tertiary/aromatic N) is 2. The van der Waals surface area contributed by atoms with Crippen LogP contribution in [0.2, 0.25) is 0 Å². The molecule has 25 heavy (non-hydrogen) atoms. The van der Waals surface area contributed by atoms with Gasteiger partial charge in [-0.1, -0.05) is 12.1 Å². The van der Waals surface area contributed by atoms with Crippen LogP contribution >= 0.6 is 0 Å². The van der Waals surface area contributed by atoms with Crippen LogP contribution in [-0.2, 0) is 0 Å². The average molecular weight is 341 g/mol. The zero-order chi connectivity index (χ0) is 17.6. The Balaban J connectivity index is 1.57. The van der Waals surface area contributed by atoms with Crippen molar-refractivity contribution in [3.8, 4) is 11.5 Å². The van der Waals surface area contributed by atoms with E-state index in [0.29, 0.717) is 6.04 Å². The summed E-state index contributed by atoms with van der Waals surface area (Å²) in [5.74, 6) is 2.62. The molecule has 1 aliphatic heterocycles. The summed E-state index contributed by atoms with van der Waals surface area (Å²) >= 11 is 0. The third-order valence-corrected chi connectivity index (χ3v) is 4.86. The molecule has 0 radical (unpaired) electrons. The number of hydrogen-bond donors (Lipinski definition) is 1. The summed E-state index contributed by atoms with van der Waals surface area (Å²) < 4.78 is 10.7. The van der Waals surface area contributed by atoms with E-state index in [1.165, 1.54) is 5.56 Å². The molecule has 0 amide bonds. The smallest absolute Gasteiger partial charge is 0.161 e. The molecule has 3 rings (SSSR count). The van der Waals surface area contributed by atoms with Gasteiger partial charge in [0.2, 0.25) is 0 Å². The van der Waals surface area contributed by atoms with Crippen LogP contribution in [0.25, 0.3) is 0 Å². The largest absolute Gasteiger partial charge is 0.493 e. The molecule has 134 valence electrons. The van der Waals surface area contributed by atoms with Crippen LogP contribution in [0.5, 0.6) is 11.5 Å². The lowest BCUT2D eigenvalue weighted by Gasteiger charge is -2.34. The molecule has 1 atom stereocenters. The number of methoxy groups -OCH3 is 2. The molecule has 0 saturated carbocycles. The van der Waals surface area contributed by atoms with Gasteiger partial charge in [0.1, 0.15) is 5.82 Å². The molecule has 1 N–H and O–H groups in total. The Morgan fingerprint density at radius 3 is 2.48 bits per heavy atom. The predicted octanol–water partition coefficient (Wildman–Crippen LogP) is 3.42. The van der Waals surface area contributed by atoms with Crippen LogP contribution in [0.4, 0.5) is 5.82 Å². The third-order valence-electron chi connectivity index (χ3n) is 4.86. The first-order valence-corrected chi connectivity index (χ1v) is 8.85. The molecular weight excluding hydrogens is 314 g/mol. The quantitative estimate of drug-likeness (QED) is 0.872. The molecule has 5 nitrogen and oxygen atoms in total. The van der Waals surface area contributed by atoms with Gasteiger partial charge in [0, 0.05) is 31.4 Å². The van der Waals surface area contributed by atoms with E-state index in [4.69, 9.17) is 9.47 Å². The van der Waals surface area contributed by atoms with Gasteiger partial charge in [-0.05, 0) is 49.6 Å². The fraction of sp³-hybridized carbons (Fsp3) is 0.450. The van der Waals surface area contributed by atoms with Crippen LogP contribution in [0.15, 0.2) is 42.6 Å². The summed E-state index contributed by atoms with van der Waals surface area (Å²) in [6, 6.07) is 13.0. The van der Waals surface area contributed by atoms with Gasteiger partial charge in [-0.2, -0.15) is 0 Å². The van der Waals surface area contributed by atoms with Gasteiger partial charge in [0.15, 0.2) is 11.5 Å². The lowest BCUT2D eigenvalue weighted by Crippen LogP contribution is -2.43. The SMILES string of the molecule is COc1ccc([C@@H](C)NC2CCN(c3ccccn3)CC2)cc1OC. The van der Waals surface area contributed by atoms with E-state index in [-0.39, 0.29) is 6.04 Å². The molecular formula is C20H27N3O2. The number of hydrogen-bond acceptors (Lipinski definition) is 5. The van der Waals surface area contributed by atoms with Crippen molar-refractivity contribution in [1.82, 2.24) is 10.3 Å². The number of ether oxygens (including phenoxy) is 2. The Bertz CT molecular complexity index is 670. The topological polar surface area (TPSA) is 46.6 Å². The summed E-state index contributed by atoms with van der Waals surface area (Å²) in [5, 5.41) is 3.75. The second-order valence-electron chi connectivity index (χ2n) is 6.45. The molecule has 2 heterocycles. The van der Waals surface area contributed by atoms with E-state index in [0.717, 1.165) is 43.2 Å².